The number of carbonyl (C=O) groups is 1. The van der Waals surface area contributed by atoms with Crippen molar-refractivity contribution < 1.29 is 4.79 Å². The highest BCUT2D eigenvalue weighted by molar-refractivity contribution is 5.77. The van der Waals surface area contributed by atoms with Gasteiger partial charge in [-0.05, 0) is 28.5 Å². The summed E-state index contributed by atoms with van der Waals surface area (Å²) >= 11 is 0. The van der Waals surface area contributed by atoms with E-state index in [1.807, 2.05) is 30.3 Å². The predicted molar refractivity (Wildman–Crippen MR) is 78.7 cm³/mol. The topological polar surface area (TPSA) is 84.7 Å². The van der Waals surface area contributed by atoms with Gasteiger partial charge in [-0.2, -0.15) is 4.68 Å². The number of nitrogens with one attached hydrogen (secondary N) is 2. The van der Waals surface area contributed by atoms with Crippen LogP contribution in [0.4, 0.5) is 0 Å². The third-order valence-corrected chi connectivity index (χ3v) is 2.81. The minimum Gasteiger partial charge on any atom is -0.355 e. The quantitative estimate of drug-likeness (QED) is 0.776. The molecule has 0 radical (unpaired) electrons. The van der Waals surface area contributed by atoms with Crippen LogP contribution in [0.25, 0.3) is 5.69 Å². The first kappa shape index (κ1) is 15.1. The lowest BCUT2D eigenvalue weighted by Gasteiger charge is -2.08. The number of benzene rings is 1. The first-order chi connectivity index (χ1) is 10.2. The molecule has 2 aromatic rings. The monoisotopic (exact) mass is 288 g/mol. The zero-order valence-electron chi connectivity index (χ0n) is 12.3. The molecule has 1 amide bonds. The number of para-hydroxylation sites is 1. The Bertz CT molecular complexity index is 566. The van der Waals surface area contributed by atoms with Crippen molar-refractivity contribution in [2.45, 2.75) is 20.4 Å². The summed E-state index contributed by atoms with van der Waals surface area (Å²) in [5.41, 5.74) is 0.892. The van der Waals surface area contributed by atoms with E-state index < -0.39 is 0 Å². The van der Waals surface area contributed by atoms with Gasteiger partial charge in [0.1, 0.15) is 0 Å². The van der Waals surface area contributed by atoms with Crippen LogP contribution in [0.15, 0.2) is 30.3 Å². The van der Waals surface area contributed by atoms with E-state index in [4.69, 9.17) is 0 Å². The maximum atomic E-state index is 11.6. The number of hydrogen-bond acceptors (Lipinski definition) is 5. The largest absolute Gasteiger partial charge is 0.355 e. The van der Waals surface area contributed by atoms with Gasteiger partial charge in [-0.15, -0.1) is 5.10 Å². The van der Waals surface area contributed by atoms with Crippen LogP contribution in [0.1, 0.15) is 19.7 Å². The molecule has 0 atom stereocenters. The third-order valence-electron chi connectivity index (χ3n) is 2.81. The SMILES string of the molecule is CC(C)CNC(=O)CNCc1nnnn1-c1ccccc1. The van der Waals surface area contributed by atoms with Crippen molar-refractivity contribution >= 4 is 5.91 Å². The average Bonchev–Trinajstić information content (AvgIpc) is 2.94. The standard InChI is InChI=1S/C14H20N6O/c1-11(2)8-16-14(21)10-15-9-13-17-18-19-20(13)12-6-4-3-5-7-12/h3-7,11,15H,8-10H2,1-2H3,(H,16,21). The summed E-state index contributed by atoms with van der Waals surface area (Å²) in [5, 5.41) is 17.5. The summed E-state index contributed by atoms with van der Waals surface area (Å²) in [6, 6.07) is 9.64. The Morgan fingerprint density at radius 3 is 2.76 bits per heavy atom. The van der Waals surface area contributed by atoms with Crippen LogP contribution in [0.3, 0.4) is 0 Å². The second kappa shape index (κ2) is 7.49. The zero-order chi connectivity index (χ0) is 15.1. The van der Waals surface area contributed by atoms with Crippen LogP contribution in [0.2, 0.25) is 0 Å². The Morgan fingerprint density at radius 2 is 2.05 bits per heavy atom. The fraction of sp³-hybridized carbons (Fsp3) is 0.429. The molecule has 0 aliphatic rings. The minimum atomic E-state index is -0.0255. The second-order valence-electron chi connectivity index (χ2n) is 5.14. The summed E-state index contributed by atoms with van der Waals surface area (Å²) in [4.78, 5) is 11.6. The van der Waals surface area contributed by atoms with Crippen molar-refractivity contribution in [1.82, 2.24) is 30.8 Å². The van der Waals surface area contributed by atoms with Crippen LogP contribution in [0, 0.1) is 5.92 Å². The van der Waals surface area contributed by atoms with Gasteiger partial charge in [0.15, 0.2) is 5.82 Å². The van der Waals surface area contributed by atoms with Gasteiger partial charge in [0.05, 0.1) is 18.8 Å². The summed E-state index contributed by atoms with van der Waals surface area (Å²) in [6.45, 7) is 5.47. The van der Waals surface area contributed by atoms with E-state index in [1.54, 1.807) is 4.68 Å². The summed E-state index contributed by atoms with van der Waals surface area (Å²) in [7, 11) is 0. The van der Waals surface area contributed by atoms with Gasteiger partial charge in [0.25, 0.3) is 0 Å². The van der Waals surface area contributed by atoms with Crippen molar-refractivity contribution in [3.05, 3.63) is 36.2 Å². The molecular formula is C14H20N6O. The van der Waals surface area contributed by atoms with Gasteiger partial charge >= 0.3 is 0 Å². The third kappa shape index (κ3) is 4.64. The summed E-state index contributed by atoms with van der Waals surface area (Å²) in [5.74, 6) is 1.08. The molecule has 7 nitrogen and oxygen atoms in total. The number of carbonyl (C=O) groups excluding carboxylic acids is 1. The lowest BCUT2D eigenvalue weighted by molar-refractivity contribution is -0.120. The maximum Gasteiger partial charge on any atom is 0.233 e. The van der Waals surface area contributed by atoms with E-state index in [2.05, 4.69) is 40.0 Å². The highest BCUT2D eigenvalue weighted by Gasteiger charge is 2.08. The van der Waals surface area contributed by atoms with Crippen molar-refractivity contribution in [3.8, 4) is 5.69 Å². The number of amides is 1. The Kier molecular flexibility index (Phi) is 5.39. The smallest absolute Gasteiger partial charge is 0.233 e. The lowest BCUT2D eigenvalue weighted by Crippen LogP contribution is -2.35. The zero-order valence-corrected chi connectivity index (χ0v) is 12.3. The van der Waals surface area contributed by atoms with Gasteiger partial charge in [0, 0.05) is 6.54 Å². The van der Waals surface area contributed by atoms with E-state index in [1.165, 1.54) is 0 Å². The number of nitrogens with zero attached hydrogens (tertiary/aromatic N) is 4. The lowest BCUT2D eigenvalue weighted by atomic mass is 10.2. The maximum absolute atomic E-state index is 11.6. The van der Waals surface area contributed by atoms with Gasteiger partial charge in [-0.25, -0.2) is 0 Å². The summed E-state index contributed by atoms with van der Waals surface area (Å²) < 4.78 is 1.65. The average molecular weight is 288 g/mol. The Labute approximate surface area is 123 Å². The molecule has 0 aliphatic heterocycles. The van der Waals surface area contributed by atoms with Gasteiger partial charge in [-0.1, -0.05) is 32.0 Å². The fourth-order valence-corrected chi connectivity index (χ4v) is 1.75. The van der Waals surface area contributed by atoms with Crippen LogP contribution >= 0.6 is 0 Å². The number of hydrogen-bond donors (Lipinski definition) is 2. The molecule has 1 aromatic heterocycles. The molecule has 0 saturated carbocycles. The molecule has 7 heteroatoms. The molecule has 1 heterocycles. The minimum absolute atomic E-state index is 0.0255. The number of rotatable bonds is 7. The Morgan fingerprint density at radius 1 is 1.29 bits per heavy atom. The van der Waals surface area contributed by atoms with Crippen LogP contribution in [0.5, 0.6) is 0 Å². The highest BCUT2D eigenvalue weighted by Crippen LogP contribution is 2.06. The van der Waals surface area contributed by atoms with Crippen LogP contribution in [-0.2, 0) is 11.3 Å². The summed E-state index contributed by atoms with van der Waals surface area (Å²) in [6.07, 6.45) is 0. The Hall–Kier alpha value is -2.28. The van der Waals surface area contributed by atoms with Gasteiger partial charge in [-0.3, -0.25) is 4.79 Å². The molecule has 0 aliphatic carbocycles. The van der Waals surface area contributed by atoms with E-state index in [9.17, 15) is 4.79 Å². The second-order valence-corrected chi connectivity index (χ2v) is 5.14. The van der Waals surface area contributed by atoms with Crippen molar-refractivity contribution in [2.24, 2.45) is 5.92 Å². The molecule has 21 heavy (non-hydrogen) atoms. The van der Waals surface area contributed by atoms with E-state index >= 15 is 0 Å². The molecule has 0 saturated heterocycles. The molecule has 112 valence electrons. The molecule has 0 fully saturated rings. The fourth-order valence-electron chi connectivity index (χ4n) is 1.75. The highest BCUT2D eigenvalue weighted by atomic mass is 16.1. The first-order valence-corrected chi connectivity index (χ1v) is 6.97. The molecule has 2 rings (SSSR count). The van der Waals surface area contributed by atoms with Crippen LogP contribution in [-0.4, -0.2) is 39.2 Å². The van der Waals surface area contributed by atoms with E-state index in [0.29, 0.717) is 24.8 Å². The van der Waals surface area contributed by atoms with Crippen molar-refractivity contribution in [2.75, 3.05) is 13.1 Å². The molecule has 1 aromatic carbocycles. The van der Waals surface area contributed by atoms with Gasteiger partial charge < -0.3 is 10.6 Å². The Balaban J connectivity index is 1.85. The predicted octanol–water partition coefficient (Wildman–Crippen LogP) is 0.524. The van der Waals surface area contributed by atoms with Crippen LogP contribution < -0.4 is 10.6 Å². The van der Waals surface area contributed by atoms with E-state index in [-0.39, 0.29) is 12.5 Å². The van der Waals surface area contributed by atoms with E-state index in [0.717, 1.165) is 5.69 Å². The molecule has 2 N–H and O–H groups in total. The molecule has 0 unspecified atom stereocenters. The van der Waals surface area contributed by atoms with Crippen molar-refractivity contribution in [3.63, 3.8) is 0 Å². The number of tetrazole rings is 1. The first-order valence-electron chi connectivity index (χ1n) is 6.97. The number of aromatic nitrogens is 4. The van der Waals surface area contributed by atoms with Crippen molar-refractivity contribution in [1.29, 1.82) is 0 Å². The normalized spacial score (nSPS) is 10.8. The molecular weight excluding hydrogens is 268 g/mol. The van der Waals surface area contributed by atoms with Gasteiger partial charge in [0.2, 0.25) is 5.91 Å². The molecule has 0 bridgehead atoms. The molecule has 0 spiro atoms.